The van der Waals surface area contributed by atoms with Crippen LogP contribution in [0.25, 0.3) is 10.9 Å². The molecule has 2 unspecified atom stereocenters. The maximum Gasteiger partial charge on any atom is 0.131 e. The van der Waals surface area contributed by atoms with E-state index in [2.05, 4.69) is 24.6 Å². The number of benzene rings is 1. The number of methoxy groups -OCH3 is 1. The highest BCUT2D eigenvalue weighted by molar-refractivity contribution is 5.83. The molecule has 0 aliphatic carbocycles. The molecule has 3 aliphatic heterocycles. The second-order valence-electron chi connectivity index (χ2n) is 7.92. The van der Waals surface area contributed by atoms with Crippen LogP contribution in [-0.2, 0) is 0 Å². The Morgan fingerprint density at radius 2 is 2.27 bits per heavy atom. The Morgan fingerprint density at radius 1 is 1.42 bits per heavy atom. The van der Waals surface area contributed by atoms with Crippen LogP contribution in [0.2, 0.25) is 0 Å². The van der Waals surface area contributed by atoms with E-state index >= 15 is 0 Å². The second kappa shape index (κ2) is 6.67. The Labute approximate surface area is 155 Å². The van der Waals surface area contributed by atoms with Gasteiger partial charge in [0, 0.05) is 30.3 Å². The highest BCUT2D eigenvalue weighted by atomic mass is 16.5. The molecule has 1 N–H and O–H groups in total. The van der Waals surface area contributed by atoms with E-state index in [4.69, 9.17) is 4.74 Å². The molecule has 5 rings (SSSR count). The maximum atomic E-state index is 11.5. The number of aromatic nitrogens is 1. The van der Waals surface area contributed by atoms with Crippen LogP contribution in [0.3, 0.4) is 0 Å². The van der Waals surface area contributed by atoms with E-state index < -0.39 is 6.10 Å². The Bertz CT molecular complexity index is 821. The van der Waals surface area contributed by atoms with Gasteiger partial charge in [-0.25, -0.2) is 0 Å². The summed E-state index contributed by atoms with van der Waals surface area (Å²) in [4.78, 5) is 4.47. The molecule has 1 aromatic carbocycles. The van der Waals surface area contributed by atoms with Crippen LogP contribution in [0.15, 0.2) is 43.1 Å². The molecule has 3 aliphatic rings. The quantitative estimate of drug-likeness (QED) is 0.658. The van der Waals surface area contributed by atoms with Gasteiger partial charge in [-0.1, -0.05) is 6.08 Å². The van der Waals surface area contributed by atoms with Crippen LogP contribution in [0, 0.1) is 11.8 Å². The number of aliphatic hydroxyl groups is 1. The van der Waals surface area contributed by atoms with Gasteiger partial charge in [-0.15, -0.1) is 6.58 Å². The molecule has 4 heterocycles. The summed E-state index contributed by atoms with van der Waals surface area (Å²) in [5, 5.41) is 12.5. The molecular formula is C22H29N2O2+. The Morgan fingerprint density at radius 3 is 3.00 bits per heavy atom. The van der Waals surface area contributed by atoms with E-state index in [1.54, 1.807) is 7.11 Å². The molecule has 0 saturated carbocycles. The highest BCUT2D eigenvalue weighted by Crippen LogP contribution is 2.46. The number of quaternary nitrogens is 1. The number of rotatable bonds is 5. The maximum absolute atomic E-state index is 11.5. The lowest BCUT2D eigenvalue weighted by atomic mass is 9.71. The lowest BCUT2D eigenvalue weighted by Crippen LogP contribution is -2.68. The fourth-order valence-electron chi connectivity index (χ4n) is 5.38. The third-order valence-electron chi connectivity index (χ3n) is 6.97. The minimum atomic E-state index is -0.485. The molecule has 4 nitrogen and oxygen atoms in total. The molecular weight excluding hydrogens is 324 g/mol. The molecule has 2 bridgehead atoms. The lowest BCUT2D eigenvalue weighted by Gasteiger charge is -2.57. The van der Waals surface area contributed by atoms with Crippen LogP contribution < -0.4 is 4.74 Å². The molecule has 1 aromatic heterocycles. The summed E-state index contributed by atoms with van der Waals surface area (Å²) in [5.74, 6) is 2.04. The molecule has 0 spiro atoms. The molecule has 2 aromatic rings. The predicted molar refractivity (Wildman–Crippen MR) is 104 cm³/mol. The number of likely N-dealkylation sites (N-methyl/N-ethyl adjacent to an activating group) is 1. The van der Waals surface area contributed by atoms with Gasteiger partial charge in [0.2, 0.25) is 0 Å². The number of fused-ring (bicyclic) bond motifs is 4. The molecule has 3 fully saturated rings. The van der Waals surface area contributed by atoms with Crippen molar-refractivity contribution >= 4 is 10.9 Å². The Hall–Kier alpha value is -1.91. The van der Waals surface area contributed by atoms with Crippen molar-refractivity contribution in [3.8, 4) is 5.75 Å². The number of hydrogen-bond acceptors (Lipinski definition) is 3. The van der Waals surface area contributed by atoms with Gasteiger partial charge >= 0.3 is 0 Å². The van der Waals surface area contributed by atoms with Gasteiger partial charge < -0.3 is 14.3 Å². The van der Waals surface area contributed by atoms with Crippen LogP contribution >= 0.6 is 0 Å². The van der Waals surface area contributed by atoms with Crippen LogP contribution in [0.5, 0.6) is 5.75 Å². The van der Waals surface area contributed by atoms with Crippen molar-refractivity contribution in [1.82, 2.24) is 4.98 Å². The fraction of sp³-hybridized carbons (Fsp3) is 0.500. The van der Waals surface area contributed by atoms with Crippen molar-refractivity contribution in [2.45, 2.75) is 31.9 Å². The number of nitrogens with zero attached hydrogens (tertiary/aromatic N) is 2. The van der Waals surface area contributed by atoms with Crippen molar-refractivity contribution in [2.24, 2.45) is 11.8 Å². The van der Waals surface area contributed by atoms with Gasteiger partial charge in [-0.2, -0.15) is 0 Å². The van der Waals surface area contributed by atoms with E-state index in [9.17, 15) is 5.11 Å². The summed E-state index contributed by atoms with van der Waals surface area (Å²) in [6.45, 7) is 9.66. The first-order valence-electron chi connectivity index (χ1n) is 9.71. The Kier molecular flexibility index (Phi) is 4.49. The van der Waals surface area contributed by atoms with Gasteiger partial charge in [0.15, 0.2) is 0 Å². The third-order valence-corrected chi connectivity index (χ3v) is 6.97. The first-order chi connectivity index (χ1) is 12.6. The van der Waals surface area contributed by atoms with Crippen molar-refractivity contribution in [3.05, 3.63) is 48.7 Å². The minimum Gasteiger partial charge on any atom is -0.497 e. The van der Waals surface area contributed by atoms with Gasteiger partial charge in [0.05, 0.1) is 32.3 Å². The van der Waals surface area contributed by atoms with Crippen LogP contribution in [0.4, 0.5) is 0 Å². The standard InChI is InChI=1S/C22H29N2O2/c1-4-15-14-24(5-2)11-9-16(15)12-21(24)22(25)18-8-10-23-20-7-6-17(26-3)13-19(18)20/h4,6-8,10,13,15-16,21-22,25H,1,5,9,11-12,14H2,2-3H3/q+1/t15-,16?,21+,22-,24?/m0/s1. The number of hydrogen-bond donors (Lipinski definition) is 1. The van der Waals surface area contributed by atoms with Crippen LogP contribution in [-0.4, -0.2) is 47.4 Å². The van der Waals surface area contributed by atoms with Gasteiger partial charge in [-0.05, 0) is 42.7 Å². The summed E-state index contributed by atoms with van der Waals surface area (Å²) >= 11 is 0. The lowest BCUT2D eigenvalue weighted by molar-refractivity contribution is -0.971. The minimum absolute atomic E-state index is 0.242. The van der Waals surface area contributed by atoms with E-state index in [1.807, 2.05) is 30.5 Å². The first kappa shape index (κ1) is 17.5. The number of aliphatic hydroxyl groups excluding tert-OH is 1. The van der Waals surface area contributed by atoms with Gasteiger partial charge in [-0.3, -0.25) is 4.98 Å². The molecule has 3 saturated heterocycles. The number of pyridine rings is 1. The zero-order valence-electron chi connectivity index (χ0n) is 15.8. The summed E-state index contributed by atoms with van der Waals surface area (Å²) in [7, 11) is 1.67. The average Bonchev–Trinajstić information content (AvgIpc) is 2.72. The monoisotopic (exact) mass is 353 g/mol. The van der Waals surface area contributed by atoms with E-state index in [0.29, 0.717) is 11.8 Å². The summed E-state index contributed by atoms with van der Waals surface area (Å²) in [6.07, 6.45) is 5.79. The molecule has 0 radical (unpaired) electrons. The molecule has 138 valence electrons. The van der Waals surface area contributed by atoms with Gasteiger partial charge in [0.25, 0.3) is 0 Å². The average molecular weight is 353 g/mol. The molecule has 4 heteroatoms. The Balaban J connectivity index is 1.75. The first-order valence-corrected chi connectivity index (χ1v) is 9.71. The molecule has 0 amide bonds. The largest absolute Gasteiger partial charge is 0.497 e. The SMILES string of the molecule is C=C[C@H]1C[N+]2(CC)CCC1C[C@@H]2[C@@H](O)c1ccnc2ccc(OC)cc12. The zero-order chi connectivity index (χ0) is 18.3. The fourth-order valence-corrected chi connectivity index (χ4v) is 5.38. The van der Waals surface area contributed by atoms with E-state index in [1.165, 1.54) is 13.0 Å². The van der Waals surface area contributed by atoms with Crippen molar-refractivity contribution in [1.29, 1.82) is 0 Å². The van der Waals surface area contributed by atoms with Crippen molar-refractivity contribution in [2.75, 3.05) is 26.7 Å². The summed E-state index contributed by atoms with van der Waals surface area (Å²) < 4.78 is 6.40. The van der Waals surface area contributed by atoms with Crippen LogP contribution in [0.1, 0.15) is 31.4 Å². The highest BCUT2D eigenvalue weighted by Gasteiger charge is 2.53. The van der Waals surface area contributed by atoms with Crippen molar-refractivity contribution in [3.63, 3.8) is 0 Å². The van der Waals surface area contributed by atoms with E-state index in [0.717, 1.165) is 46.2 Å². The molecule has 26 heavy (non-hydrogen) atoms. The normalized spacial score (nSPS) is 31.7. The predicted octanol–water partition coefficient (Wildman–Crippen LogP) is 3.71. The molecule has 5 atom stereocenters. The summed E-state index contributed by atoms with van der Waals surface area (Å²) in [5.41, 5.74) is 1.89. The number of piperidine rings is 3. The van der Waals surface area contributed by atoms with Crippen molar-refractivity contribution < 1.29 is 14.3 Å². The van der Waals surface area contributed by atoms with Gasteiger partial charge in [0.1, 0.15) is 17.9 Å². The van der Waals surface area contributed by atoms with E-state index in [-0.39, 0.29) is 6.04 Å². The second-order valence-corrected chi connectivity index (χ2v) is 7.92. The number of ether oxygens (including phenoxy) is 1. The smallest absolute Gasteiger partial charge is 0.131 e. The third kappa shape index (κ3) is 2.63. The zero-order valence-corrected chi connectivity index (χ0v) is 15.8. The topological polar surface area (TPSA) is 42.4 Å². The summed E-state index contributed by atoms with van der Waals surface area (Å²) in [6, 6.07) is 8.11.